The maximum absolute atomic E-state index is 12.4. The molecule has 2 unspecified atom stereocenters. The van der Waals surface area contributed by atoms with Crippen LogP contribution >= 0.6 is 0 Å². The molecule has 1 aromatic rings. The summed E-state index contributed by atoms with van der Waals surface area (Å²) in [7, 11) is -4.60. The summed E-state index contributed by atoms with van der Waals surface area (Å²) >= 11 is 0. The van der Waals surface area contributed by atoms with Crippen molar-refractivity contribution >= 4 is 26.5 Å². The first-order valence-electron chi connectivity index (χ1n) is 6.33. The van der Waals surface area contributed by atoms with Crippen molar-refractivity contribution in [3.8, 4) is 0 Å². The quantitative estimate of drug-likeness (QED) is 0.774. The van der Waals surface area contributed by atoms with Crippen molar-refractivity contribution in [3.05, 3.63) is 23.3 Å². The van der Waals surface area contributed by atoms with Crippen LogP contribution in [0.1, 0.15) is 24.5 Å². The number of aryl methyl sites for hydroxylation is 2. The van der Waals surface area contributed by atoms with Gasteiger partial charge in [0.25, 0.3) is 0 Å². The molecule has 0 saturated heterocycles. The number of anilines is 1. The van der Waals surface area contributed by atoms with Gasteiger partial charge in [-0.1, -0.05) is 12.1 Å². The van der Waals surface area contributed by atoms with E-state index in [-0.39, 0.29) is 16.6 Å². The Morgan fingerprint density at radius 1 is 1.30 bits per heavy atom. The molecule has 2 atom stereocenters. The van der Waals surface area contributed by atoms with E-state index in [9.17, 15) is 12.6 Å². The molecule has 0 aromatic heterocycles. The highest BCUT2D eigenvalue weighted by atomic mass is 32.2. The van der Waals surface area contributed by atoms with Crippen LogP contribution in [-0.4, -0.2) is 30.7 Å². The smallest absolute Gasteiger partial charge is 0.243 e. The molecule has 0 aliphatic carbocycles. The van der Waals surface area contributed by atoms with Crippen molar-refractivity contribution in [3.63, 3.8) is 0 Å². The number of nitrogen functional groups attached to an aromatic ring is 1. The van der Waals surface area contributed by atoms with Crippen LogP contribution in [0.4, 0.5) is 5.69 Å². The van der Waals surface area contributed by atoms with Crippen molar-refractivity contribution in [2.24, 2.45) is 0 Å². The van der Waals surface area contributed by atoms with Gasteiger partial charge in [0, 0.05) is 28.9 Å². The molecule has 114 valence electrons. The Bertz CT molecular complexity index is 612. The molecule has 1 aromatic carbocycles. The van der Waals surface area contributed by atoms with Crippen molar-refractivity contribution < 1.29 is 12.6 Å². The van der Waals surface area contributed by atoms with Gasteiger partial charge >= 0.3 is 0 Å². The normalized spacial score (nSPS) is 15.0. The van der Waals surface area contributed by atoms with Crippen LogP contribution in [0.15, 0.2) is 17.0 Å². The molecule has 1 rings (SSSR count). The van der Waals surface area contributed by atoms with Gasteiger partial charge in [0.2, 0.25) is 10.0 Å². The average molecular weight is 318 g/mol. The summed E-state index contributed by atoms with van der Waals surface area (Å²) in [5.74, 6) is 0.464. The van der Waals surface area contributed by atoms with Crippen molar-refractivity contribution in [2.75, 3.05) is 17.7 Å². The van der Waals surface area contributed by atoms with E-state index in [0.29, 0.717) is 17.7 Å². The fourth-order valence-corrected chi connectivity index (χ4v) is 4.28. The first kappa shape index (κ1) is 17.1. The summed E-state index contributed by atoms with van der Waals surface area (Å²) in [4.78, 5) is 0.141. The summed E-state index contributed by atoms with van der Waals surface area (Å²) in [5.41, 5.74) is 7.53. The van der Waals surface area contributed by atoms with Crippen LogP contribution in [0.25, 0.3) is 0 Å². The van der Waals surface area contributed by atoms with Crippen LogP contribution in [0.5, 0.6) is 0 Å². The van der Waals surface area contributed by atoms with E-state index in [0.717, 1.165) is 5.56 Å². The second-order valence-corrected chi connectivity index (χ2v) is 8.24. The number of hydrogen-bond acceptors (Lipinski definition) is 4. The zero-order valence-corrected chi connectivity index (χ0v) is 13.9. The molecule has 0 fully saturated rings. The molecular weight excluding hydrogens is 296 g/mol. The highest BCUT2D eigenvalue weighted by Crippen LogP contribution is 2.26. The van der Waals surface area contributed by atoms with E-state index >= 15 is 0 Å². The minimum atomic E-state index is -3.67. The van der Waals surface area contributed by atoms with E-state index in [1.165, 1.54) is 0 Å². The van der Waals surface area contributed by atoms with Gasteiger partial charge in [-0.15, -0.1) is 0 Å². The van der Waals surface area contributed by atoms with Gasteiger partial charge < -0.3 is 5.73 Å². The van der Waals surface area contributed by atoms with Gasteiger partial charge in [0.15, 0.2) is 0 Å². The summed E-state index contributed by atoms with van der Waals surface area (Å²) in [6.45, 7) is 5.25. The molecule has 5 nitrogen and oxygen atoms in total. The van der Waals surface area contributed by atoms with Crippen molar-refractivity contribution in [1.82, 2.24) is 4.72 Å². The molecule has 0 aliphatic heterocycles. The van der Waals surface area contributed by atoms with E-state index in [2.05, 4.69) is 4.72 Å². The van der Waals surface area contributed by atoms with Crippen LogP contribution in [0.3, 0.4) is 0 Å². The SMILES string of the molecule is Cc1ccc(C)c(S(=O)(=O)NC(C)CCS(C)=O)c1N. The van der Waals surface area contributed by atoms with Gasteiger partial charge in [0.1, 0.15) is 4.90 Å². The van der Waals surface area contributed by atoms with E-state index in [4.69, 9.17) is 5.73 Å². The zero-order valence-electron chi connectivity index (χ0n) is 12.3. The minimum absolute atomic E-state index is 0.141. The fraction of sp³-hybridized carbons (Fsp3) is 0.538. The molecule has 0 amide bonds. The highest BCUT2D eigenvalue weighted by molar-refractivity contribution is 7.89. The lowest BCUT2D eigenvalue weighted by molar-refractivity contribution is 0.555. The van der Waals surface area contributed by atoms with Crippen LogP contribution < -0.4 is 10.5 Å². The van der Waals surface area contributed by atoms with Gasteiger partial charge in [-0.2, -0.15) is 0 Å². The third-order valence-corrected chi connectivity index (χ3v) is 5.68. The molecule has 3 N–H and O–H groups in total. The van der Waals surface area contributed by atoms with Crippen molar-refractivity contribution in [1.29, 1.82) is 0 Å². The predicted octanol–water partition coefficient (Wildman–Crippen LogP) is 1.32. The number of rotatable bonds is 6. The standard InChI is InChI=1S/C13H22N2O3S2/c1-9-5-6-10(2)13(12(9)14)20(17,18)15-11(3)7-8-19(4)16/h5-6,11,15H,7-8,14H2,1-4H3. The lowest BCUT2D eigenvalue weighted by Crippen LogP contribution is -2.34. The molecule has 7 heteroatoms. The summed E-state index contributed by atoms with van der Waals surface area (Å²) < 4.78 is 38.5. The van der Waals surface area contributed by atoms with Gasteiger partial charge in [0.05, 0.1) is 5.69 Å². The van der Waals surface area contributed by atoms with Gasteiger partial charge in [-0.3, -0.25) is 4.21 Å². The minimum Gasteiger partial charge on any atom is -0.397 e. The maximum atomic E-state index is 12.4. The fourth-order valence-electron chi connectivity index (χ4n) is 1.89. The molecule has 0 radical (unpaired) electrons. The number of hydrogen-bond donors (Lipinski definition) is 2. The molecule has 0 saturated carbocycles. The lowest BCUT2D eigenvalue weighted by atomic mass is 10.1. The Morgan fingerprint density at radius 2 is 1.85 bits per heavy atom. The van der Waals surface area contributed by atoms with Gasteiger partial charge in [-0.05, 0) is 38.3 Å². The molecule has 20 heavy (non-hydrogen) atoms. The molecule has 0 bridgehead atoms. The first-order valence-corrected chi connectivity index (χ1v) is 9.54. The highest BCUT2D eigenvalue weighted by Gasteiger charge is 2.23. The first-order chi connectivity index (χ1) is 9.15. The maximum Gasteiger partial charge on any atom is 0.243 e. The third kappa shape index (κ3) is 4.29. The van der Waals surface area contributed by atoms with E-state index in [1.807, 2.05) is 0 Å². The lowest BCUT2D eigenvalue weighted by Gasteiger charge is -2.17. The number of nitrogens with two attached hydrogens (primary N) is 1. The molecular formula is C13H22N2O3S2. The van der Waals surface area contributed by atoms with Crippen LogP contribution in [0.2, 0.25) is 0 Å². The average Bonchev–Trinajstić information content (AvgIpc) is 2.31. The number of benzene rings is 1. The largest absolute Gasteiger partial charge is 0.397 e. The zero-order chi connectivity index (χ0) is 15.5. The van der Waals surface area contributed by atoms with Crippen LogP contribution in [0, 0.1) is 13.8 Å². The second kappa shape index (κ2) is 6.69. The second-order valence-electron chi connectivity index (χ2n) is 5.03. The number of nitrogens with one attached hydrogen (secondary N) is 1. The molecule has 0 spiro atoms. The summed E-state index contributed by atoms with van der Waals surface area (Å²) in [5, 5.41) is 0. The summed E-state index contributed by atoms with van der Waals surface area (Å²) in [6.07, 6.45) is 2.12. The Kier molecular flexibility index (Phi) is 5.73. The van der Waals surface area contributed by atoms with Crippen LogP contribution in [-0.2, 0) is 20.8 Å². The van der Waals surface area contributed by atoms with E-state index < -0.39 is 20.8 Å². The van der Waals surface area contributed by atoms with Crippen molar-refractivity contribution in [2.45, 2.75) is 38.1 Å². The predicted molar refractivity (Wildman–Crippen MR) is 83.7 cm³/mol. The molecule has 0 heterocycles. The third-order valence-electron chi connectivity index (χ3n) is 3.07. The Morgan fingerprint density at radius 3 is 2.40 bits per heavy atom. The Hall–Kier alpha value is -0.920. The molecule has 0 aliphatic rings. The summed E-state index contributed by atoms with van der Waals surface area (Å²) in [6, 6.07) is 3.25. The van der Waals surface area contributed by atoms with Gasteiger partial charge in [-0.25, -0.2) is 13.1 Å². The van der Waals surface area contributed by atoms with E-state index in [1.54, 1.807) is 39.2 Å². The topological polar surface area (TPSA) is 89.3 Å². The monoisotopic (exact) mass is 318 g/mol. The number of sulfonamides is 1. The Balaban J connectivity index is 3.00. The Labute approximate surface area is 123 Å².